The number of aliphatic imine (C=N–C) groups is 1. The zero-order chi connectivity index (χ0) is 15.5. The third-order valence-electron chi connectivity index (χ3n) is 3.70. The first kappa shape index (κ1) is 14.3. The number of hydrogen-bond acceptors (Lipinski definition) is 3. The highest BCUT2D eigenvalue weighted by Gasteiger charge is 2.15. The number of benzene rings is 1. The lowest BCUT2D eigenvalue weighted by Crippen LogP contribution is -2.24. The molecule has 0 saturated carbocycles. The lowest BCUT2D eigenvalue weighted by atomic mass is 9.97. The lowest BCUT2D eigenvalue weighted by Gasteiger charge is -2.13. The molecule has 0 radical (unpaired) electrons. The van der Waals surface area contributed by atoms with Crippen LogP contribution in [0, 0.1) is 6.92 Å². The standard InChI is InChI=1S/C16H19N5O/c1-10-5-4-6-11(9-10)18-15(17)21-16-19-13-8-3-2-7-12(13)14(22)20-16/h4-6,9H,2-3,7-8H2,1H3,(H4,17,18,19,20,21,22). The van der Waals surface area contributed by atoms with E-state index in [9.17, 15) is 4.79 Å². The molecule has 4 N–H and O–H groups in total. The van der Waals surface area contributed by atoms with Gasteiger partial charge in [0.25, 0.3) is 5.56 Å². The predicted molar refractivity (Wildman–Crippen MR) is 87.6 cm³/mol. The largest absolute Gasteiger partial charge is 0.369 e. The summed E-state index contributed by atoms with van der Waals surface area (Å²) in [6.07, 6.45) is 3.72. The maximum atomic E-state index is 12.0. The van der Waals surface area contributed by atoms with Crippen LogP contribution in [0.1, 0.15) is 29.7 Å². The van der Waals surface area contributed by atoms with Crippen molar-refractivity contribution in [1.82, 2.24) is 9.97 Å². The van der Waals surface area contributed by atoms with E-state index in [2.05, 4.69) is 20.3 Å². The molecule has 0 spiro atoms. The summed E-state index contributed by atoms with van der Waals surface area (Å²) in [5, 5.41) is 3.00. The van der Waals surface area contributed by atoms with Crippen molar-refractivity contribution in [2.24, 2.45) is 10.7 Å². The second-order valence-electron chi connectivity index (χ2n) is 5.51. The Balaban J connectivity index is 1.85. The SMILES string of the molecule is Cc1cccc(N/C(N)=N\c2nc3c(c(=O)[nH]2)CCCC3)c1. The zero-order valence-corrected chi connectivity index (χ0v) is 12.5. The maximum absolute atomic E-state index is 12.0. The minimum atomic E-state index is -0.105. The highest BCUT2D eigenvalue weighted by molar-refractivity contribution is 5.93. The lowest BCUT2D eigenvalue weighted by molar-refractivity contribution is 0.657. The molecule has 2 aromatic rings. The minimum Gasteiger partial charge on any atom is -0.369 e. The van der Waals surface area contributed by atoms with Gasteiger partial charge in [-0.15, -0.1) is 0 Å². The number of nitrogens with one attached hydrogen (secondary N) is 2. The van der Waals surface area contributed by atoms with Gasteiger partial charge in [-0.2, -0.15) is 4.99 Å². The maximum Gasteiger partial charge on any atom is 0.255 e. The summed E-state index contributed by atoms with van der Waals surface area (Å²) in [5.41, 5.74) is 9.39. The molecule has 1 aliphatic carbocycles. The molecule has 1 heterocycles. The number of hydrogen-bond donors (Lipinski definition) is 3. The molecule has 3 rings (SSSR count). The summed E-state index contributed by atoms with van der Waals surface area (Å²) < 4.78 is 0. The molecule has 0 saturated heterocycles. The highest BCUT2D eigenvalue weighted by Crippen LogP contribution is 2.17. The molecule has 0 aliphatic heterocycles. The summed E-state index contributed by atoms with van der Waals surface area (Å²) in [4.78, 5) is 23.3. The van der Waals surface area contributed by atoms with Crippen LogP contribution in [0.15, 0.2) is 34.1 Å². The number of anilines is 1. The van der Waals surface area contributed by atoms with Gasteiger partial charge in [0.05, 0.1) is 5.69 Å². The Morgan fingerprint density at radius 3 is 3.00 bits per heavy atom. The Bertz CT molecular complexity index is 778. The number of rotatable bonds is 2. The van der Waals surface area contributed by atoms with Crippen molar-refractivity contribution in [3.63, 3.8) is 0 Å². The Morgan fingerprint density at radius 1 is 1.36 bits per heavy atom. The van der Waals surface area contributed by atoms with Gasteiger partial charge >= 0.3 is 0 Å². The van der Waals surface area contributed by atoms with Crippen molar-refractivity contribution in [3.8, 4) is 0 Å². The summed E-state index contributed by atoms with van der Waals surface area (Å²) in [6, 6.07) is 7.80. The van der Waals surface area contributed by atoms with Crippen molar-refractivity contribution in [2.75, 3.05) is 5.32 Å². The van der Waals surface area contributed by atoms with Crippen LogP contribution < -0.4 is 16.6 Å². The van der Waals surface area contributed by atoms with Gasteiger partial charge in [0.1, 0.15) is 0 Å². The fourth-order valence-electron chi connectivity index (χ4n) is 2.66. The number of H-pyrrole nitrogens is 1. The van der Waals surface area contributed by atoms with Crippen molar-refractivity contribution >= 4 is 17.6 Å². The number of aromatic amines is 1. The average Bonchev–Trinajstić information content (AvgIpc) is 2.47. The predicted octanol–water partition coefficient (Wildman–Crippen LogP) is 2.02. The number of nitrogens with two attached hydrogens (primary N) is 1. The second-order valence-corrected chi connectivity index (χ2v) is 5.51. The van der Waals surface area contributed by atoms with Crippen molar-refractivity contribution in [1.29, 1.82) is 0 Å². The van der Waals surface area contributed by atoms with Crippen LogP contribution in [-0.4, -0.2) is 15.9 Å². The van der Waals surface area contributed by atoms with Gasteiger partial charge in [0, 0.05) is 11.3 Å². The molecular formula is C16H19N5O. The van der Waals surface area contributed by atoms with Gasteiger partial charge in [0.2, 0.25) is 11.9 Å². The Morgan fingerprint density at radius 2 is 2.18 bits per heavy atom. The van der Waals surface area contributed by atoms with Gasteiger partial charge in [-0.3, -0.25) is 9.78 Å². The first-order valence-corrected chi connectivity index (χ1v) is 7.42. The van der Waals surface area contributed by atoms with Crippen molar-refractivity contribution in [3.05, 3.63) is 51.4 Å². The average molecular weight is 297 g/mol. The van der Waals surface area contributed by atoms with E-state index in [4.69, 9.17) is 5.73 Å². The van der Waals surface area contributed by atoms with E-state index in [1.54, 1.807) is 0 Å². The normalized spacial score (nSPS) is 14.5. The third-order valence-corrected chi connectivity index (χ3v) is 3.70. The zero-order valence-electron chi connectivity index (χ0n) is 12.5. The second kappa shape index (κ2) is 6.01. The number of guanidine groups is 1. The van der Waals surface area contributed by atoms with E-state index in [-0.39, 0.29) is 17.5 Å². The molecule has 114 valence electrons. The van der Waals surface area contributed by atoms with Gasteiger partial charge in [0.15, 0.2) is 0 Å². The molecule has 0 fully saturated rings. The fourth-order valence-corrected chi connectivity index (χ4v) is 2.66. The number of fused-ring (bicyclic) bond motifs is 1. The van der Waals surface area contributed by atoms with Gasteiger partial charge in [-0.05, 0) is 50.3 Å². The van der Waals surface area contributed by atoms with Crippen molar-refractivity contribution in [2.45, 2.75) is 32.6 Å². The fraction of sp³-hybridized carbons (Fsp3) is 0.312. The Labute approximate surface area is 128 Å². The minimum absolute atomic E-state index is 0.105. The summed E-state index contributed by atoms with van der Waals surface area (Å²) in [7, 11) is 0. The Hall–Kier alpha value is -2.63. The van der Waals surface area contributed by atoms with Gasteiger partial charge in [-0.1, -0.05) is 12.1 Å². The first-order chi connectivity index (χ1) is 10.6. The smallest absolute Gasteiger partial charge is 0.255 e. The van der Waals surface area contributed by atoms with E-state index < -0.39 is 0 Å². The molecule has 0 bridgehead atoms. The van der Waals surface area contributed by atoms with Gasteiger partial charge in [-0.25, -0.2) is 4.98 Å². The van der Waals surface area contributed by atoms with Crippen LogP contribution in [0.25, 0.3) is 0 Å². The molecule has 0 unspecified atom stereocenters. The van der Waals surface area contributed by atoms with Crippen LogP contribution in [-0.2, 0) is 12.8 Å². The van der Waals surface area contributed by atoms with E-state index >= 15 is 0 Å². The van der Waals surface area contributed by atoms with Crippen LogP contribution in [0.5, 0.6) is 0 Å². The topological polar surface area (TPSA) is 96.2 Å². The monoisotopic (exact) mass is 297 g/mol. The quantitative estimate of drug-likeness (QED) is 0.583. The van der Waals surface area contributed by atoms with E-state index in [0.29, 0.717) is 0 Å². The Kier molecular flexibility index (Phi) is 3.91. The first-order valence-electron chi connectivity index (χ1n) is 7.42. The molecular weight excluding hydrogens is 278 g/mol. The molecule has 22 heavy (non-hydrogen) atoms. The van der Waals surface area contributed by atoms with E-state index in [0.717, 1.165) is 48.2 Å². The summed E-state index contributed by atoms with van der Waals surface area (Å²) in [5.74, 6) is 0.452. The third kappa shape index (κ3) is 3.16. The molecule has 1 aromatic heterocycles. The van der Waals surface area contributed by atoms with Crippen molar-refractivity contribution < 1.29 is 0 Å². The molecule has 6 heteroatoms. The van der Waals surface area contributed by atoms with Crippen LogP contribution >= 0.6 is 0 Å². The number of nitrogens with zero attached hydrogens (tertiary/aromatic N) is 2. The number of aryl methyl sites for hydroxylation is 2. The van der Waals surface area contributed by atoms with E-state index in [1.165, 1.54) is 0 Å². The van der Waals surface area contributed by atoms with Gasteiger partial charge < -0.3 is 11.1 Å². The van der Waals surface area contributed by atoms with E-state index in [1.807, 2.05) is 31.2 Å². The summed E-state index contributed by atoms with van der Waals surface area (Å²) >= 11 is 0. The molecule has 1 aromatic carbocycles. The van der Waals surface area contributed by atoms with Crippen LogP contribution in [0.2, 0.25) is 0 Å². The molecule has 1 aliphatic rings. The number of aromatic nitrogens is 2. The molecule has 0 atom stereocenters. The molecule has 0 amide bonds. The molecule has 6 nitrogen and oxygen atoms in total. The highest BCUT2D eigenvalue weighted by atomic mass is 16.1. The van der Waals surface area contributed by atoms with Crippen LogP contribution in [0.3, 0.4) is 0 Å². The van der Waals surface area contributed by atoms with Crippen LogP contribution in [0.4, 0.5) is 11.6 Å². The summed E-state index contributed by atoms with van der Waals surface area (Å²) in [6.45, 7) is 2.00.